The van der Waals surface area contributed by atoms with Gasteiger partial charge in [0.1, 0.15) is 0 Å². The number of benzene rings is 5. The SMILES string of the molecule is c1ccc2c(-n3c4ccccc4c4c5c(ccc43)sc3ccccc35)cccc2c1. The Morgan fingerprint density at radius 1 is 0.467 bits per heavy atom. The van der Waals surface area contributed by atoms with E-state index in [1.165, 1.54) is 58.4 Å². The summed E-state index contributed by atoms with van der Waals surface area (Å²) in [4.78, 5) is 0. The molecule has 0 aliphatic heterocycles. The van der Waals surface area contributed by atoms with Crippen LogP contribution in [0.25, 0.3) is 58.4 Å². The second kappa shape index (κ2) is 5.94. The fourth-order valence-electron chi connectivity index (χ4n) is 4.94. The summed E-state index contributed by atoms with van der Waals surface area (Å²) in [6.45, 7) is 0. The van der Waals surface area contributed by atoms with Crippen molar-refractivity contribution in [2.45, 2.75) is 0 Å². The van der Waals surface area contributed by atoms with Crippen molar-refractivity contribution >= 4 is 64.1 Å². The first-order valence-electron chi connectivity index (χ1n) is 10.2. The summed E-state index contributed by atoms with van der Waals surface area (Å²) >= 11 is 1.88. The number of rotatable bonds is 1. The summed E-state index contributed by atoms with van der Waals surface area (Å²) in [5, 5.41) is 7.94. The molecule has 0 saturated carbocycles. The lowest BCUT2D eigenvalue weighted by Crippen LogP contribution is -1.94. The topological polar surface area (TPSA) is 4.93 Å². The van der Waals surface area contributed by atoms with Crippen molar-refractivity contribution in [1.29, 1.82) is 0 Å². The van der Waals surface area contributed by atoms with Gasteiger partial charge in [0, 0.05) is 36.3 Å². The van der Waals surface area contributed by atoms with Crippen LogP contribution in [0.1, 0.15) is 0 Å². The normalized spacial score (nSPS) is 12.0. The molecular formula is C28H17NS. The van der Waals surface area contributed by atoms with Crippen molar-refractivity contribution in [3.05, 3.63) is 103 Å². The third-order valence-electron chi connectivity index (χ3n) is 6.18. The number of para-hydroxylation sites is 1. The second-order valence-electron chi connectivity index (χ2n) is 7.78. The number of aromatic nitrogens is 1. The Hall–Kier alpha value is -3.62. The van der Waals surface area contributed by atoms with Crippen LogP contribution in [0.4, 0.5) is 0 Å². The first-order valence-corrected chi connectivity index (χ1v) is 11.0. The van der Waals surface area contributed by atoms with Gasteiger partial charge in [0.15, 0.2) is 0 Å². The van der Waals surface area contributed by atoms with E-state index in [1.54, 1.807) is 0 Å². The highest BCUT2D eigenvalue weighted by Crippen LogP contribution is 2.43. The zero-order chi connectivity index (χ0) is 19.7. The van der Waals surface area contributed by atoms with Gasteiger partial charge in [0.05, 0.1) is 16.7 Å². The van der Waals surface area contributed by atoms with Gasteiger partial charge in [-0.15, -0.1) is 11.3 Å². The molecule has 1 nitrogen and oxygen atoms in total. The van der Waals surface area contributed by atoms with Gasteiger partial charge in [-0.1, -0.05) is 72.8 Å². The number of thiophene rings is 1. The van der Waals surface area contributed by atoms with Gasteiger partial charge in [-0.3, -0.25) is 0 Å². The molecule has 7 aromatic rings. The highest BCUT2D eigenvalue weighted by atomic mass is 32.1. The van der Waals surface area contributed by atoms with Crippen LogP contribution in [0.15, 0.2) is 103 Å². The van der Waals surface area contributed by atoms with E-state index >= 15 is 0 Å². The molecule has 0 fully saturated rings. The third kappa shape index (κ3) is 2.06. The lowest BCUT2D eigenvalue weighted by Gasteiger charge is -2.11. The smallest absolute Gasteiger partial charge is 0.0548 e. The predicted molar refractivity (Wildman–Crippen MR) is 131 cm³/mol. The minimum Gasteiger partial charge on any atom is -0.309 e. The molecule has 0 N–H and O–H groups in total. The van der Waals surface area contributed by atoms with Crippen molar-refractivity contribution < 1.29 is 0 Å². The summed E-state index contributed by atoms with van der Waals surface area (Å²) < 4.78 is 5.14. The van der Waals surface area contributed by atoms with E-state index in [1.807, 2.05) is 11.3 Å². The van der Waals surface area contributed by atoms with Crippen LogP contribution >= 0.6 is 11.3 Å². The minimum absolute atomic E-state index is 1.23. The van der Waals surface area contributed by atoms with Crippen molar-refractivity contribution in [1.82, 2.24) is 4.57 Å². The van der Waals surface area contributed by atoms with Crippen molar-refractivity contribution in [3.63, 3.8) is 0 Å². The molecule has 2 heteroatoms. The van der Waals surface area contributed by atoms with Crippen LogP contribution in [-0.4, -0.2) is 4.57 Å². The summed E-state index contributed by atoms with van der Waals surface area (Å²) in [7, 11) is 0. The number of hydrogen-bond acceptors (Lipinski definition) is 1. The summed E-state index contributed by atoms with van der Waals surface area (Å²) in [5.74, 6) is 0. The minimum atomic E-state index is 1.23. The highest BCUT2D eigenvalue weighted by molar-refractivity contribution is 7.26. The van der Waals surface area contributed by atoms with E-state index in [0.29, 0.717) is 0 Å². The zero-order valence-corrected chi connectivity index (χ0v) is 17.0. The molecule has 0 aliphatic carbocycles. The van der Waals surface area contributed by atoms with Crippen molar-refractivity contribution in [2.75, 3.05) is 0 Å². The Bertz CT molecular complexity index is 1740. The third-order valence-corrected chi connectivity index (χ3v) is 7.32. The standard InChI is InChI=1S/C28H17NS/c1-2-10-19-18(8-1)9-7-14-22(19)29-23-13-5-3-11-20(23)27-24(29)16-17-26-28(27)21-12-4-6-15-25(21)30-26/h1-17H. The maximum absolute atomic E-state index is 2.44. The first kappa shape index (κ1) is 16.2. The summed E-state index contributed by atoms with van der Waals surface area (Å²) in [5.41, 5.74) is 3.76. The van der Waals surface area contributed by atoms with Gasteiger partial charge >= 0.3 is 0 Å². The molecule has 2 aromatic heterocycles. The molecule has 5 aromatic carbocycles. The number of hydrogen-bond donors (Lipinski definition) is 0. The molecule has 0 saturated heterocycles. The summed E-state index contributed by atoms with van der Waals surface area (Å²) in [6, 6.07) is 37.4. The molecule has 0 aliphatic rings. The van der Waals surface area contributed by atoms with E-state index in [-0.39, 0.29) is 0 Å². The molecule has 0 amide bonds. The Morgan fingerprint density at radius 3 is 2.13 bits per heavy atom. The van der Waals surface area contributed by atoms with E-state index in [0.717, 1.165) is 0 Å². The Labute approximate surface area is 177 Å². The van der Waals surface area contributed by atoms with E-state index < -0.39 is 0 Å². The molecule has 7 rings (SSSR count). The predicted octanol–water partition coefficient (Wildman–Crippen LogP) is 8.30. The molecular weight excluding hydrogens is 382 g/mol. The molecule has 0 atom stereocenters. The van der Waals surface area contributed by atoms with Gasteiger partial charge in [-0.25, -0.2) is 0 Å². The van der Waals surface area contributed by atoms with Gasteiger partial charge < -0.3 is 4.57 Å². The fraction of sp³-hybridized carbons (Fsp3) is 0. The van der Waals surface area contributed by atoms with Crippen molar-refractivity contribution in [2.24, 2.45) is 0 Å². The van der Waals surface area contributed by atoms with Crippen LogP contribution < -0.4 is 0 Å². The molecule has 30 heavy (non-hydrogen) atoms. The summed E-state index contributed by atoms with van der Waals surface area (Å²) in [6.07, 6.45) is 0. The van der Waals surface area contributed by atoms with Gasteiger partial charge in [-0.2, -0.15) is 0 Å². The fourth-order valence-corrected chi connectivity index (χ4v) is 6.05. The molecule has 0 bridgehead atoms. The van der Waals surface area contributed by atoms with E-state index in [2.05, 4.69) is 108 Å². The monoisotopic (exact) mass is 399 g/mol. The van der Waals surface area contributed by atoms with Crippen LogP contribution in [0.3, 0.4) is 0 Å². The van der Waals surface area contributed by atoms with Gasteiger partial charge in [0.25, 0.3) is 0 Å². The lowest BCUT2D eigenvalue weighted by molar-refractivity contribution is 1.20. The van der Waals surface area contributed by atoms with Crippen LogP contribution in [0.2, 0.25) is 0 Å². The highest BCUT2D eigenvalue weighted by Gasteiger charge is 2.18. The Kier molecular flexibility index (Phi) is 3.21. The van der Waals surface area contributed by atoms with Gasteiger partial charge in [-0.05, 0) is 35.7 Å². The number of nitrogens with zero attached hydrogens (tertiary/aromatic N) is 1. The van der Waals surface area contributed by atoms with E-state index in [4.69, 9.17) is 0 Å². The first-order chi connectivity index (χ1) is 14.9. The molecule has 0 unspecified atom stereocenters. The van der Waals surface area contributed by atoms with Crippen LogP contribution in [0.5, 0.6) is 0 Å². The largest absolute Gasteiger partial charge is 0.309 e. The molecule has 2 heterocycles. The zero-order valence-electron chi connectivity index (χ0n) is 16.2. The lowest BCUT2D eigenvalue weighted by atomic mass is 10.1. The quantitative estimate of drug-likeness (QED) is 0.262. The Morgan fingerprint density at radius 2 is 1.20 bits per heavy atom. The molecule has 0 spiro atoms. The Balaban J connectivity index is 1.76. The van der Waals surface area contributed by atoms with Crippen molar-refractivity contribution in [3.8, 4) is 5.69 Å². The van der Waals surface area contributed by atoms with Gasteiger partial charge in [0.2, 0.25) is 0 Å². The average Bonchev–Trinajstić information content (AvgIpc) is 3.34. The second-order valence-corrected chi connectivity index (χ2v) is 8.87. The van der Waals surface area contributed by atoms with Crippen LogP contribution in [0, 0.1) is 0 Å². The maximum Gasteiger partial charge on any atom is 0.0548 e. The molecule has 140 valence electrons. The number of fused-ring (bicyclic) bond motifs is 8. The molecule has 0 radical (unpaired) electrons. The maximum atomic E-state index is 2.44. The average molecular weight is 400 g/mol. The van der Waals surface area contributed by atoms with E-state index in [9.17, 15) is 0 Å². The van der Waals surface area contributed by atoms with Crippen LogP contribution in [-0.2, 0) is 0 Å².